The van der Waals surface area contributed by atoms with Gasteiger partial charge in [-0.1, -0.05) is 6.07 Å². The molecule has 0 aromatic carbocycles. The van der Waals surface area contributed by atoms with Crippen molar-refractivity contribution in [3.8, 4) is 0 Å². The summed E-state index contributed by atoms with van der Waals surface area (Å²) < 4.78 is 0. The first-order valence-electron chi connectivity index (χ1n) is 9.78. The minimum atomic E-state index is -1.07. The van der Waals surface area contributed by atoms with Gasteiger partial charge < -0.3 is 19.5 Å². The van der Waals surface area contributed by atoms with Gasteiger partial charge in [0.15, 0.2) is 0 Å². The lowest BCUT2D eigenvalue weighted by Crippen LogP contribution is -2.43. The first-order chi connectivity index (χ1) is 14.1. The van der Waals surface area contributed by atoms with Gasteiger partial charge in [-0.05, 0) is 18.6 Å². The summed E-state index contributed by atoms with van der Waals surface area (Å²) in [4.78, 5) is 54.9. The molecule has 29 heavy (non-hydrogen) atoms. The fourth-order valence-corrected chi connectivity index (χ4v) is 3.43. The third-order valence-corrected chi connectivity index (χ3v) is 5.09. The van der Waals surface area contributed by atoms with E-state index in [0.717, 1.165) is 18.9 Å². The molecule has 0 saturated carbocycles. The molecular formula is C20H28N4O5. The highest BCUT2D eigenvalue weighted by molar-refractivity contribution is 5.85. The van der Waals surface area contributed by atoms with Crippen LogP contribution in [-0.4, -0.2) is 101 Å². The second-order valence-corrected chi connectivity index (χ2v) is 7.05. The first kappa shape index (κ1) is 22.8. The van der Waals surface area contributed by atoms with E-state index in [4.69, 9.17) is 5.11 Å². The number of carbonyl (C=O) groups excluding carboxylic acids is 3. The lowest BCUT2D eigenvalue weighted by molar-refractivity contribution is -0.113. The molecule has 0 spiro atoms. The van der Waals surface area contributed by atoms with Gasteiger partial charge in [0.25, 0.3) is 0 Å². The summed E-state index contributed by atoms with van der Waals surface area (Å²) >= 11 is 0. The fourth-order valence-electron chi connectivity index (χ4n) is 3.43. The second-order valence-electron chi connectivity index (χ2n) is 7.05. The van der Waals surface area contributed by atoms with Crippen LogP contribution in [-0.2, 0) is 20.9 Å². The van der Waals surface area contributed by atoms with Crippen molar-refractivity contribution in [1.29, 1.82) is 0 Å². The van der Waals surface area contributed by atoms with Crippen molar-refractivity contribution in [3.63, 3.8) is 0 Å². The maximum Gasteiger partial charge on any atom is 0.354 e. The number of carbonyl (C=O) groups is 4. The summed E-state index contributed by atoms with van der Waals surface area (Å²) in [5, 5.41) is 9.14. The second kappa shape index (κ2) is 12.2. The van der Waals surface area contributed by atoms with Crippen LogP contribution in [0.4, 0.5) is 0 Å². The number of hydrogen-bond donors (Lipinski definition) is 1. The molecule has 0 radical (unpaired) electrons. The fraction of sp³-hybridized carbons (Fsp3) is 0.550. The molecule has 2 heterocycles. The van der Waals surface area contributed by atoms with Crippen LogP contribution in [0.3, 0.4) is 0 Å². The van der Waals surface area contributed by atoms with Crippen molar-refractivity contribution >= 4 is 24.8 Å². The number of carboxylic acid groups (broad SMARTS) is 1. The zero-order valence-corrected chi connectivity index (χ0v) is 16.5. The average Bonchev–Trinajstić information content (AvgIpc) is 2.81. The van der Waals surface area contributed by atoms with Gasteiger partial charge in [0.05, 0.1) is 18.3 Å². The largest absolute Gasteiger partial charge is 0.477 e. The minimum absolute atomic E-state index is 0.00542. The van der Waals surface area contributed by atoms with Gasteiger partial charge >= 0.3 is 5.97 Å². The third-order valence-electron chi connectivity index (χ3n) is 5.09. The van der Waals surface area contributed by atoms with Crippen LogP contribution in [0.5, 0.6) is 0 Å². The molecule has 0 bridgehead atoms. The minimum Gasteiger partial charge on any atom is -0.477 e. The van der Waals surface area contributed by atoms with Gasteiger partial charge in [-0.25, -0.2) is 9.78 Å². The molecule has 2 rings (SSSR count). The molecule has 9 heteroatoms. The lowest BCUT2D eigenvalue weighted by atomic mass is 10.1. The normalized spacial score (nSPS) is 18.2. The van der Waals surface area contributed by atoms with Gasteiger partial charge in [0.2, 0.25) is 0 Å². The van der Waals surface area contributed by atoms with Crippen LogP contribution in [0.2, 0.25) is 0 Å². The van der Waals surface area contributed by atoms with Crippen LogP contribution in [0.1, 0.15) is 29.0 Å². The Morgan fingerprint density at radius 2 is 1.72 bits per heavy atom. The zero-order chi connectivity index (χ0) is 21.1. The number of aromatic carboxylic acids is 1. The Labute approximate surface area is 170 Å². The summed E-state index contributed by atoms with van der Waals surface area (Å²) in [5.74, 6) is -1.07. The Balaban J connectivity index is 2.12. The first-order valence-corrected chi connectivity index (χ1v) is 9.78. The Kier molecular flexibility index (Phi) is 9.55. The molecule has 0 aliphatic carbocycles. The summed E-state index contributed by atoms with van der Waals surface area (Å²) in [7, 11) is 0. The standard InChI is InChI=1S/C20H28N4O5/c25-13-2-4-18(16-27)24-10-8-22(12-14-26)6-7-23(9-11-24)15-17-3-1-5-19(21-17)20(28)29/h1,3,5,13-14,16,18H,2,4,6-12,15H2,(H,28,29). The van der Waals surface area contributed by atoms with Gasteiger partial charge in [0.1, 0.15) is 24.6 Å². The molecule has 1 aliphatic rings. The molecule has 1 atom stereocenters. The monoisotopic (exact) mass is 404 g/mol. The van der Waals surface area contributed by atoms with Crippen molar-refractivity contribution in [2.45, 2.75) is 25.4 Å². The van der Waals surface area contributed by atoms with E-state index in [1.165, 1.54) is 6.07 Å². The van der Waals surface area contributed by atoms with Gasteiger partial charge in [0, 0.05) is 52.2 Å². The number of nitrogens with zero attached hydrogens (tertiary/aromatic N) is 4. The highest BCUT2D eigenvalue weighted by Gasteiger charge is 2.22. The predicted molar refractivity (Wildman–Crippen MR) is 106 cm³/mol. The maximum absolute atomic E-state index is 11.6. The molecule has 158 valence electrons. The Morgan fingerprint density at radius 3 is 2.38 bits per heavy atom. The smallest absolute Gasteiger partial charge is 0.354 e. The molecule has 9 nitrogen and oxygen atoms in total. The van der Waals surface area contributed by atoms with Crippen molar-refractivity contribution in [3.05, 3.63) is 29.6 Å². The lowest BCUT2D eigenvalue weighted by Gasteiger charge is -2.29. The summed E-state index contributed by atoms with van der Waals surface area (Å²) in [6.45, 7) is 4.77. The van der Waals surface area contributed by atoms with E-state index in [2.05, 4.69) is 9.88 Å². The van der Waals surface area contributed by atoms with E-state index >= 15 is 0 Å². The molecular weight excluding hydrogens is 376 g/mol. The molecule has 1 saturated heterocycles. The van der Waals surface area contributed by atoms with Crippen molar-refractivity contribution in [2.75, 3.05) is 45.8 Å². The molecule has 0 amide bonds. The van der Waals surface area contributed by atoms with Gasteiger partial charge in [-0.15, -0.1) is 0 Å². The molecule has 1 aromatic heterocycles. The SMILES string of the molecule is O=CCCC(C=O)N1CCN(CC=O)CCN(Cc2cccc(C(=O)O)n2)CC1. The summed E-state index contributed by atoms with van der Waals surface area (Å²) in [5.41, 5.74) is 0.663. The van der Waals surface area contributed by atoms with E-state index in [1.54, 1.807) is 12.1 Å². The number of rotatable bonds is 10. The molecule has 1 aliphatic heterocycles. The number of pyridine rings is 1. The van der Waals surface area contributed by atoms with E-state index in [1.807, 2.05) is 9.80 Å². The topological polar surface area (TPSA) is 111 Å². The molecule has 1 unspecified atom stereocenters. The molecule has 1 aromatic rings. The van der Waals surface area contributed by atoms with Crippen LogP contribution in [0.25, 0.3) is 0 Å². The third kappa shape index (κ3) is 7.45. The van der Waals surface area contributed by atoms with Crippen molar-refractivity contribution in [2.24, 2.45) is 0 Å². The van der Waals surface area contributed by atoms with Gasteiger partial charge in [-0.3, -0.25) is 14.7 Å². The summed E-state index contributed by atoms with van der Waals surface area (Å²) in [6.07, 6.45) is 3.37. The van der Waals surface area contributed by atoms with Crippen LogP contribution < -0.4 is 0 Å². The number of carboxylic acids is 1. The molecule has 1 N–H and O–H groups in total. The Bertz CT molecular complexity index is 699. The van der Waals surface area contributed by atoms with Crippen LogP contribution in [0.15, 0.2) is 18.2 Å². The van der Waals surface area contributed by atoms with E-state index in [9.17, 15) is 19.2 Å². The maximum atomic E-state index is 11.6. The number of aldehydes is 3. The number of hydrogen-bond acceptors (Lipinski definition) is 8. The van der Waals surface area contributed by atoms with Crippen molar-refractivity contribution < 1.29 is 24.3 Å². The average molecular weight is 404 g/mol. The van der Waals surface area contributed by atoms with Crippen LogP contribution >= 0.6 is 0 Å². The van der Waals surface area contributed by atoms with E-state index in [0.29, 0.717) is 70.9 Å². The Morgan fingerprint density at radius 1 is 1.03 bits per heavy atom. The Hall–Kier alpha value is -2.49. The van der Waals surface area contributed by atoms with E-state index < -0.39 is 5.97 Å². The number of aromatic nitrogens is 1. The van der Waals surface area contributed by atoms with Crippen LogP contribution in [0, 0.1) is 0 Å². The highest BCUT2D eigenvalue weighted by Crippen LogP contribution is 2.10. The van der Waals surface area contributed by atoms with Gasteiger partial charge in [-0.2, -0.15) is 0 Å². The van der Waals surface area contributed by atoms with E-state index in [-0.39, 0.29) is 11.7 Å². The summed E-state index contributed by atoms with van der Waals surface area (Å²) in [6, 6.07) is 4.58. The quantitative estimate of drug-likeness (QED) is 0.536. The highest BCUT2D eigenvalue weighted by atomic mass is 16.4. The predicted octanol–water partition coefficient (Wildman–Crippen LogP) is -0.0551. The van der Waals surface area contributed by atoms with Crippen molar-refractivity contribution in [1.82, 2.24) is 19.7 Å². The molecule has 1 fully saturated rings. The zero-order valence-electron chi connectivity index (χ0n) is 16.5.